The highest BCUT2D eigenvalue weighted by molar-refractivity contribution is 7.80. The molecule has 0 radical (unpaired) electrons. The molecule has 7 nitrogen and oxygen atoms in total. The van der Waals surface area contributed by atoms with Crippen LogP contribution in [0.3, 0.4) is 0 Å². The van der Waals surface area contributed by atoms with E-state index in [-0.39, 0.29) is 16.9 Å². The number of carbonyl (C=O) groups excluding carboxylic acids is 2. The maximum absolute atomic E-state index is 12.5. The lowest BCUT2D eigenvalue weighted by Crippen LogP contribution is -2.34. The van der Waals surface area contributed by atoms with E-state index in [1.54, 1.807) is 55.6 Å². The first-order valence-corrected chi connectivity index (χ1v) is 9.20. The van der Waals surface area contributed by atoms with Crippen LogP contribution in [0.5, 0.6) is 5.75 Å². The smallest absolute Gasteiger partial charge is 0.257 e. The minimum Gasteiger partial charge on any atom is -0.491 e. The van der Waals surface area contributed by atoms with E-state index < -0.39 is 0 Å². The van der Waals surface area contributed by atoms with Gasteiger partial charge in [-0.1, -0.05) is 18.2 Å². The number of anilines is 1. The Balaban J connectivity index is 1.98. The Kier molecular flexibility index (Phi) is 8.38. The Bertz CT molecular complexity index is 842. The summed E-state index contributed by atoms with van der Waals surface area (Å²) < 4.78 is 10.8. The van der Waals surface area contributed by atoms with Crippen molar-refractivity contribution in [3.05, 3.63) is 59.7 Å². The van der Waals surface area contributed by atoms with Gasteiger partial charge in [0.05, 0.1) is 17.9 Å². The molecule has 0 saturated heterocycles. The predicted octanol–water partition coefficient (Wildman–Crippen LogP) is 2.59. The number of ether oxygens (including phenoxy) is 2. The van der Waals surface area contributed by atoms with Gasteiger partial charge in [0.25, 0.3) is 11.8 Å². The summed E-state index contributed by atoms with van der Waals surface area (Å²) >= 11 is 5.20. The van der Waals surface area contributed by atoms with Crippen molar-refractivity contribution in [2.24, 2.45) is 0 Å². The molecule has 0 atom stereocenters. The van der Waals surface area contributed by atoms with Crippen LogP contribution in [0, 0.1) is 0 Å². The lowest BCUT2D eigenvalue weighted by atomic mass is 10.1. The van der Waals surface area contributed by atoms with Gasteiger partial charge in [0.2, 0.25) is 0 Å². The summed E-state index contributed by atoms with van der Waals surface area (Å²) in [5.74, 6) is -0.0736. The first-order valence-electron chi connectivity index (χ1n) is 8.79. The van der Waals surface area contributed by atoms with E-state index in [1.807, 2.05) is 6.92 Å². The van der Waals surface area contributed by atoms with E-state index >= 15 is 0 Å². The number of amides is 2. The molecule has 0 aliphatic carbocycles. The third kappa shape index (κ3) is 6.33. The van der Waals surface area contributed by atoms with Crippen LogP contribution in [0.25, 0.3) is 0 Å². The fourth-order valence-electron chi connectivity index (χ4n) is 2.34. The number of thiocarbonyl (C=S) groups is 1. The largest absolute Gasteiger partial charge is 0.491 e. The van der Waals surface area contributed by atoms with Crippen LogP contribution in [-0.4, -0.2) is 43.8 Å². The minimum absolute atomic E-state index is 0.0871. The lowest BCUT2D eigenvalue weighted by Gasteiger charge is -2.13. The van der Waals surface area contributed by atoms with Gasteiger partial charge >= 0.3 is 0 Å². The van der Waals surface area contributed by atoms with Gasteiger partial charge in [0.15, 0.2) is 5.11 Å². The van der Waals surface area contributed by atoms with Crippen LogP contribution in [0.4, 0.5) is 5.69 Å². The molecule has 2 amide bonds. The van der Waals surface area contributed by atoms with Gasteiger partial charge in [0.1, 0.15) is 12.4 Å². The molecule has 2 aromatic rings. The molecule has 148 valence electrons. The van der Waals surface area contributed by atoms with Crippen molar-refractivity contribution in [2.45, 2.75) is 6.92 Å². The van der Waals surface area contributed by atoms with Gasteiger partial charge in [-0.3, -0.25) is 14.9 Å². The molecule has 0 unspecified atom stereocenters. The van der Waals surface area contributed by atoms with Gasteiger partial charge in [-0.05, 0) is 49.5 Å². The summed E-state index contributed by atoms with van der Waals surface area (Å²) in [5, 5.41) is 8.13. The average Bonchev–Trinajstić information content (AvgIpc) is 2.71. The Labute approximate surface area is 169 Å². The van der Waals surface area contributed by atoms with E-state index in [0.29, 0.717) is 42.4 Å². The van der Waals surface area contributed by atoms with Crippen LogP contribution in [0.1, 0.15) is 27.6 Å². The maximum atomic E-state index is 12.5. The molecular weight excluding hydrogens is 378 g/mol. The second kappa shape index (κ2) is 11.0. The van der Waals surface area contributed by atoms with Gasteiger partial charge in [-0.25, -0.2) is 0 Å². The number of para-hydroxylation sites is 1. The number of benzene rings is 2. The first kappa shape index (κ1) is 21.3. The molecule has 0 bridgehead atoms. The molecule has 0 aliphatic heterocycles. The van der Waals surface area contributed by atoms with Gasteiger partial charge in [-0.15, -0.1) is 0 Å². The summed E-state index contributed by atoms with van der Waals surface area (Å²) in [6.45, 7) is 3.41. The van der Waals surface area contributed by atoms with Crippen molar-refractivity contribution >= 4 is 34.8 Å². The molecular formula is C20H23N3O4S. The Morgan fingerprint density at radius 1 is 1.04 bits per heavy atom. The molecule has 0 saturated carbocycles. The Hall–Kier alpha value is -2.97. The zero-order valence-corrected chi connectivity index (χ0v) is 16.6. The Morgan fingerprint density at radius 3 is 2.57 bits per heavy atom. The van der Waals surface area contributed by atoms with Crippen LogP contribution in [0.15, 0.2) is 48.5 Å². The van der Waals surface area contributed by atoms with E-state index in [2.05, 4.69) is 16.0 Å². The van der Waals surface area contributed by atoms with Gasteiger partial charge < -0.3 is 20.1 Å². The van der Waals surface area contributed by atoms with E-state index in [9.17, 15) is 9.59 Å². The molecule has 0 aliphatic rings. The van der Waals surface area contributed by atoms with Crippen molar-refractivity contribution in [2.75, 3.05) is 32.2 Å². The summed E-state index contributed by atoms with van der Waals surface area (Å²) in [4.78, 5) is 24.4. The molecule has 28 heavy (non-hydrogen) atoms. The fourth-order valence-corrected chi connectivity index (χ4v) is 2.55. The number of hydrogen-bond donors (Lipinski definition) is 3. The second-order valence-corrected chi connectivity index (χ2v) is 6.01. The molecule has 8 heteroatoms. The Morgan fingerprint density at radius 2 is 1.82 bits per heavy atom. The minimum atomic E-state index is -0.384. The van der Waals surface area contributed by atoms with Crippen LogP contribution in [0.2, 0.25) is 0 Å². The normalized spacial score (nSPS) is 10.1. The topological polar surface area (TPSA) is 88.7 Å². The van der Waals surface area contributed by atoms with Crippen molar-refractivity contribution in [3.63, 3.8) is 0 Å². The van der Waals surface area contributed by atoms with Crippen LogP contribution in [-0.2, 0) is 4.74 Å². The van der Waals surface area contributed by atoms with Crippen LogP contribution < -0.4 is 20.7 Å². The molecule has 3 N–H and O–H groups in total. The monoisotopic (exact) mass is 401 g/mol. The standard InChI is InChI=1S/C20H23N3O4S/c1-3-26-11-12-27-15-8-6-7-14(13-15)18(24)23-20(28)22-17-10-5-4-9-16(17)19(25)21-2/h4-10,13H,3,11-12H2,1-2H3,(H,21,25)(H2,22,23,24,28). The summed E-state index contributed by atoms with van der Waals surface area (Å²) in [6.07, 6.45) is 0. The quantitative estimate of drug-likeness (QED) is 0.465. The second-order valence-electron chi connectivity index (χ2n) is 5.61. The van der Waals surface area contributed by atoms with Crippen molar-refractivity contribution in [1.29, 1.82) is 0 Å². The van der Waals surface area contributed by atoms with E-state index in [4.69, 9.17) is 21.7 Å². The predicted molar refractivity (Wildman–Crippen MR) is 112 cm³/mol. The molecule has 0 spiro atoms. The van der Waals surface area contributed by atoms with E-state index in [0.717, 1.165) is 0 Å². The highest BCUT2D eigenvalue weighted by Crippen LogP contribution is 2.16. The van der Waals surface area contributed by atoms with Crippen molar-refractivity contribution in [3.8, 4) is 5.75 Å². The zero-order chi connectivity index (χ0) is 20.4. The first-order chi connectivity index (χ1) is 13.5. The molecule has 2 aromatic carbocycles. The number of nitrogens with one attached hydrogen (secondary N) is 3. The summed E-state index contributed by atoms with van der Waals surface area (Å²) in [6, 6.07) is 13.6. The molecule has 2 rings (SSSR count). The molecule has 0 heterocycles. The molecule has 0 aromatic heterocycles. The van der Waals surface area contributed by atoms with Gasteiger partial charge in [-0.2, -0.15) is 0 Å². The lowest BCUT2D eigenvalue weighted by molar-refractivity contribution is 0.0960. The van der Waals surface area contributed by atoms with Gasteiger partial charge in [0, 0.05) is 19.2 Å². The third-order valence-corrected chi connectivity index (χ3v) is 3.87. The van der Waals surface area contributed by atoms with E-state index in [1.165, 1.54) is 0 Å². The molecule has 0 fully saturated rings. The highest BCUT2D eigenvalue weighted by Gasteiger charge is 2.13. The average molecular weight is 401 g/mol. The fraction of sp³-hybridized carbons (Fsp3) is 0.250. The third-order valence-electron chi connectivity index (χ3n) is 3.67. The summed E-state index contributed by atoms with van der Waals surface area (Å²) in [5.41, 5.74) is 1.32. The van der Waals surface area contributed by atoms with Crippen LogP contribution >= 0.6 is 12.2 Å². The zero-order valence-electron chi connectivity index (χ0n) is 15.8. The number of hydrogen-bond acceptors (Lipinski definition) is 5. The SMILES string of the molecule is CCOCCOc1cccc(C(=O)NC(=S)Nc2ccccc2C(=O)NC)c1. The number of carbonyl (C=O) groups is 2. The maximum Gasteiger partial charge on any atom is 0.257 e. The van der Waals surface area contributed by atoms with Crippen molar-refractivity contribution < 1.29 is 19.1 Å². The van der Waals surface area contributed by atoms with Crippen molar-refractivity contribution in [1.82, 2.24) is 10.6 Å². The summed E-state index contributed by atoms with van der Waals surface area (Å²) in [7, 11) is 1.54. The number of rotatable bonds is 8. The highest BCUT2D eigenvalue weighted by atomic mass is 32.1.